The van der Waals surface area contributed by atoms with E-state index < -0.39 is 41.1 Å². The first kappa shape index (κ1) is 38.5. The molecule has 2 amide bonds. The Bertz CT molecular complexity index is 2200. The molecule has 5 aromatic rings. The van der Waals surface area contributed by atoms with E-state index in [1.165, 1.54) is 54.9 Å². The van der Waals surface area contributed by atoms with Crippen molar-refractivity contribution in [3.05, 3.63) is 154 Å². The molecule has 0 saturated heterocycles. The number of carbonyl (C=O) groups is 4. The summed E-state index contributed by atoms with van der Waals surface area (Å²) in [5.74, 6) is -2.18. The van der Waals surface area contributed by atoms with Crippen molar-refractivity contribution in [2.75, 3.05) is 19.4 Å². The Morgan fingerprint density at radius 1 is 0.836 bits per heavy atom. The summed E-state index contributed by atoms with van der Waals surface area (Å²) in [4.78, 5) is 53.8. The molecule has 11 heteroatoms. The van der Waals surface area contributed by atoms with Crippen LogP contribution in [0, 0.1) is 0 Å². The third kappa shape index (κ3) is 9.29. The van der Waals surface area contributed by atoms with Crippen LogP contribution in [-0.4, -0.2) is 42.7 Å². The minimum Gasteiger partial charge on any atom is -0.454 e. The monoisotopic (exact) mass is 748 g/mol. The molecule has 5 aromatic carbocycles. The van der Waals surface area contributed by atoms with Crippen molar-refractivity contribution >= 4 is 29.4 Å². The first-order valence-corrected chi connectivity index (χ1v) is 17.9. The van der Waals surface area contributed by atoms with Gasteiger partial charge >= 0.3 is 18.1 Å². The van der Waals surface area contributed by atoms with Gasteiger partial charge in [-0.1, -0.05) is 72.8 Å². The van der Waals surface area contributed by atoms with E-state index in [1.54, 1.807) is 54.6 Å². The predicted molar refractivity (Wildman–Crippen MR) is 202 cm³/mol. The predicted octanol–water partition coefficient (Wildman–Crippen LogP) is 9.49. The summed E-state index contributed by atoms with van der Waals surface area (Å²) in [6, 6.07) is 30.6. The number of anilines is 1. The molecule has 1 atom stereocenters. The largest absolute Gasteiger partial charge is 0.454 e. The first-order chi connectivity index (χ1) is 26.4. The van der Waals surface area contributed by atoms with Crippen LogP contribution in [0.1, 0.15) is 85.1 Å². The van der Waals surface area contributed by atoms with E-state index in [4.69, 9.17) is 9.47 Å². The number of halogens is 3. The fourth-order valence-corrected chi connectivity index (χ4v) is 6.66. The van der Waals surface area contributed by atoms with E-state index in [0.29, 0.717) is 29.5 Å². The molecule has 282 valence electrons. The number of amides is 2. The summed E-state index contributed by atoms with van der Waals surface area (Å²) in [6.45, 7) is 0. The molecule has 1 unspecified atom stereocenters. The van der Waals surface area contributed by atoms with Gasteiger partial charge in [-0.3, -0.25) is 14.4 Å². The summed E-state index contributed by atoms with van der Waals surface area (Å²) in [5.41, 5.74) is 2.19. The Labute approximate surface area is 316 Å². The van der Waals surface area contributed by atoms with E-state index in [0.717, 1.165) is 30.9 Å². The van der Waals surface area contributed by atoms with Crippen molar-refractivity contribution in [3.8, 4) is 16.9 Å². The maximum atomic E-state index is 14.2. The minimum atomic E-state index is -4.82. The molecule has 0 aromatic heterocycles. The average molecular weight is 749 g/mol. The fourth-order valence-electron chi connectivity index (χ4n) is 6.66. The van der Waals surface area contributed by atoms with Crippen LogP contribution >= 0.6 is 0 Å². The van der Waals surface area contributed by atoms with Crippen molar-refractivity contribution in [1.82, 2.24) is 4.90 Å². The second-order valence-electron chi connectivity index (χ2n) is 13.5. The van der Waals surface area contributed by atoms with E-state index in [9.17, 15) is 32.3 Å². The van der Waals surface area contributed by atoms with Crippen LogP contribution in [0.25, 0.3) is 11.1 Å². The normalized spacial score (nSPS) is 13.7. The smallest absolute Gasteiger partial charge is 0.417 e. The standard InChI is InChI=1S/C44H39F3N2O6/c1-49(2)42(52)35-27-28(21-26-37(35)48-41(51)40-34(30-12-4-3-5-13-30)17-10-18-36(40)44(45,46)47)11-8-20-39(50)54-32-24-22-31(23-25-32)43(53)55-38-19-9-15-29-14-6-7-16-33(29)38/h3-7,10,12-14,16-18,21-27,38H,8-9,11,15,19-20H2,1-2H3,(H,48,51). The first-order valence-electron chi connectivity index (χ1n) is 17.9. The number of nitrogens with zero attached hydrogens (tertiary/aromatic N) is 1. The number of esters is 2. The summed E-state index contributed by atoms with van der Waals surface area (Å²) in [5, 5.41) is 2.56. The molecule has 0 aliphatic heterocycles. The summed E-state index contributed by atoms with van der Waals surface area (Å²) in [7, 11) is 3.04. The fraction of sp³-hybridized carbons (Fsp3) is 0.227. The highest BCUT2D eigenvalue weighted by Crippen LogP contribution is 2.38. The number of rotatable bonds is 11. The molecular formula is C44H39F3N2O6. The second-order valence-corrected chi connectivity index (χ2v) is 13.5. The van der Waals surface area contributed by atoms with Crippen molar-refractivity contribution < 1.29 is 41.8 Å². The van der Waals surface area contributed by atoms with Gasteiger partial charge in [-0.05, 0) is 102 Å². The topological polar surface area (TPSA) is 102 Å². The molecule has 8 nitrogen and oxygen atoms in total. The van der Waals surface area contributed by atoms with Gasteiger partial charge in [-0.2, -0.15) is 13.2 Å². The van der Waals surface area contributed by atoms with Crippen molar-refractivity contribution in [1.29, 1.82) is 0 Å². The summed E-state index contributed by atoms with van der Waals surface area (Å²) < 4.78 is 53.8. The summed E-state index contributed by atoms with van der Waals surface area (Å²) in [6.07, 6.45) is -1.73. The van der Waals surface area contributed by atoms with E-state index in [1.807, 2.05) is 18.2 Å². The molecular weight excluding hydrogens is 709 g/mol. The Hall–Kier alpha value is -6.23. The number of aryl methyl sites for hydroxylation is 2. The van der Waals surface area contributed by atoms with Crippen LogP contribution < -0.4 is 10.1 Å². The number of carbonyl (C=O) groups excluding carboxylic acids is 4. The van der Waals surface area contributed by atoms with Gasteiger partial charge in [0.25, 0.3) is 11.8 Å². The number of fused-ring (bicyclic) bond motifs is 1. The zero-order chi connectivity index (χ0) is 39.1. The maximum Gasteiger partial charge on any atom is 0.417 e. The van der Waals surface area contributed by atoms with Gasteiger partial charge in [0.05, 0.1) is 27.9 Å². The van der Waals surface area contributed by atoms with Crippen LogP contribution in [0.15, 0.2) is 115 Å². The number of nitrogens with one attached hydrogen (secondary N) is 1. The Morgan fingerprint density at radius 3 is 2.29 bits per heavy atom. The minimum absolute atomic E-state index is 0.0385. The molecule has 0 bridgehead atoms. The van der Waals surface area contributed by atoms with Gasteiger partial charge in [0.15, 0.2) is 0 Å². The highest BCUT2D eigenvalue weighted by Gasteiger charge is 2.37. The third-order valence-corrected chi connectivity index (χ3v) is 9.38. The third-order valence-electron chi connectivity index (χ3n) is 9.38. The quantitative estimate of drug-likeness (QED) is 0.107. The van der Waals surface area contributed by atoms with E-state index in [-0.39, 0.29) is 35.1 Å². The lowest BCUT2D eigenvalue weighted by atomic mass is 9.89. The van der Waals surface area contributed by atoms with Gasteiger partial charge < -0.3 is 19.7 Å². The second kappa shape index (κ2) is 16.8. The van der Waals surface area contributed by atoms with Gasteiger partial charge in [0, 0.05) is 20.5 Å². The lowest BCUT2D eigenvalue weighted by Crippen LogP contribution is -2.25. The number of hydrogen-bond donors (Lipinski definition) is 1. The number of benzene rings is 5. The molecule has 6 rings (SSSR count). The molecule has 0 fully saturated rings. The number of ether oxygens (including phenoxy) is 2. The van der Waals surface area contributed by atoms with Crippen LogP contribution in [0.4, 0.5) is 18.9 Å². The van der Waals surface area contributed by atoms with Gasteiger partial charge in [-0.25, -0.2) is 4.79 Å². The number of alkyl halides is 3. The Morgan fingerprint density at radius 2 is 1.56 bits per heavy atom. The maximum absolute atomic E-state index is 14.2. The van der Waals surface area contributed by atoms with Crippen molar-refractivity contribution in [3.63, 3.8) is 0 Å². The molecule has 0 spiro atoms. The average Bonchev–Trinajstić information content (AvgIpc) is 3.18. The van der Waals surface area contributed by atoms with Gasteiger partial charge in [-0.15, -0.1) is 0 Å². The van der Waals surface area contributed by atoms with E-state index in [2.05, 4.69) is 11.4 Å². The molecule has 0 radical (unpaired) electrons. The van der Waals surface area contributed by atoms with Crippen LogP contribution in [0.2, 0.25) is 0 Å². The summed E-state index contributed by atoms with van der Waals surface area (Å²) >= 11 is 0. The molecule has 1 aliphatic rings. The Balaban J connectivity index is 1.09. The molecule has 0 saturated carbocycles. The SMILES string of the molecule is CN(C)C(=O)c1cc(CCCC(=O)Oc2ccc(C(=O)OC3CCCc4ccccc43)cc2)ccc1NC(=O)c1c(-c2ccccc2)cccc1C(F)(F)F. The number of hydrogen-bond acceptors (Lipinski definition) is 6. The van der Waals surface area contributed by atoms with Crippen molar-refractivity contribution in [2.24, 2.45) is 0 Å². The molecule has 1 N–H and O–H groups in total. The van der Waals surface area contributed by atoms with E-state index >= 15 is 0 Å². The highest BCUT2D eigenvalue weighted by atomic mass is 19.4. The lowest BCUT2D eigenvalue weighted by Gasteiger charge is -2.25. The van der Waals surface area contributed by atoms with Gasteiger partial charge in [0.2, 0.25) is 0 Å². The van der Waals surface area contributed by atoms with Gasteiger partial charge in [0.1, 0.15) is 11.9 Å². The Kier molecular flexibility index (Phi) is 11.8. The van der Waals surface area contributed by atoms with Crippen LogP contribution in [0.3, 0.4) is 0 Å². The van der Waals surface area contributed by atoms with Crippen molar-refractivity contribution in [2.45, 2.75) is 50.8 Å². The highest BCUT2D eigenvalue weighted by molar-refractivity contribution is 6.12. The van der Waals surface area contributed by atoms with Crippen LogP contribution in [0.5, 0.6) is 5.75 Å². The lowest BCUT2D eigenvalue weighted by molar-refractivity contribution is -0.138. The van der Waals surface area contributed by atoms with Crippen LogP contribution in [-0.2, 0) is 28.5 Å². The molecule has 0 heterocycles. The molecule has 1 aliphatic carbocycles. The zero-order valence-electron chi connectivity index (χ0n) is 30.3. The molecule has 55 heavy (non-hydrogen) atoms. The zero-order valence-corrected chi connectivity index (χ0v) is 30.3.